The first-order valence-electron chi connectivity index (χ1n) is 15.3. The number of phenols is 2. The van der Waals surface area contributed by atoms with E-state index in [-0.39, 0.29) is 29.9 Å². The van der Waals surface area contributed by atoms with Crippen LogP contribution in [0.3, 0.4) is 0 Å². The summed E-state index contributed by atoms with van der Waals surface area (Å²) in [6, 6.07) is 9.30. The molecule has 2 unspecified atom stereocenters. The summed E-state index contributed by atoms with van der Waals surface area (Å²) in [5.41, 5.74) is -0.0481. The van der Waals surface area contributed by atoms with Crippen LogP contribution in [0.4, 0.5) is 4.79 Å². The number of hydrogen-bond donors (Lipinski definition) is 4. The van der Waals surface area contributed by atoms with Gasteiger partial charge in [-0.15, -0.1) is 0 Å². The lowest BCUT2D eigenvalue weighted by Crippen LogP contribution is -2.60. The van der Waals surface area contributed by atoms with Gasteiger partial charge in [-0.05, 0) is 84.1 Å². The van der Waals surface area contributed by atoms with Gasteiger partial charge in [-0.2, -0.15) is 0 Å². The van der Waals surface area contributed by atoms with Gasteiger partial charge in [-0.25, -0.2) is 4.79 Å². The van der Waals surface area contributed by atoms with Crippen LogP contribution in [-0.4, -0.2) is 56.2 Å². The van der Waals surface area contributed by atoms with Crippen LogP contribution in [0.25, 0.3) is 0 Å². The molecule has 3 amide bonds. The van der Waals surface area contributed by atoms with Crippen molar-refractivity contribution in [2.75, 3.05) is 0 Å². The first-order chi connectivity index (χ1) is 20.1. The lowest BCUT2D eigenvalue weighted by molar-refractivity contribution is -0.149. The van der Waals surface area contributed by atoms with Gasteiger partial charge in [0.05, 0.1) is 0 Å². The molecule has 0 saturated heterocycles. The fourth-order valence-electron chi connectivity index (χ4n) is 5.46. The van der Waals surface area contributed by atoms with Crippen molar-refractivity contribution >= 4 is 17.9 Å². The van der Waals surface area contributed by atoms with Crippen molar-refractivity contribution in [3.8, 4) is 11.5 Å². The molecule has 4 N–H and O–H groups in total. The van der Waals surface area contributed by atoms with Gasteiger partial charge < -0.3 is 30.5 Å². The molecule has 0 spiro atoms. The number of amides is 3. The molecule has 1 aliphatic rings. The number of benzene rings is 2. The Morgan fingerprint density at radius 1 is 0.977 bits per heavy atom. The fraction of sp³-hybridized carbons (Fsp3) is 0.559. The number of aromatic hydroxyl groups is 2. The number of phenolic OH excluding ortho intramolecular Hbond substituents is 2. The quantitative estimate of drug-likeness (QED) is 0.265. The van der Waals surface area contributed by atoms with Crippen molar-refractivity contribution in [1.29, 1.82) is 0 Å². The first-order valence-corrected chi connectivity index (χ1v) is 15.3. The standard InChI is InChI=1S/C34H49N3O6/c1-8-34(6,7)37(28(26-16-12-13-22(2)29(26)39)30(40)35-24-14-10-9-11-15-24)31(41)27(36-32(42)43-33(3,4)5)21-23-17-19-25(38)20-18-23/h12-13,16-20,24,27-28,38-39H,8-11,14-15,21H2,1-7H3,(H,35,40)(H,36,42). The number of alkyl carbamates (subject to hydrolysis) is 1. The minimum atomic E-state index is -1.16. The van der Waals surface area contributed by atoms with Crippen molar-refractivity contribution < 1.29 is 29.3 Å². The second kappa shape index (κ2) is 14.1. The van der Waals surface area contributed by atoms with E-state index in [1.165, 1.54) is 17.0 Å². The third kappa shape index (κ3) is 9.12. The van der Waals surface area contributed by atoms with Crippen molar-refractivity contribution in [3.63, 3.8) is 0 Å². The van der Waals surface area contributed by atoms with Gasteiger partial charge in [0.25, 0.3) is 0 Å². The van der Waals surface area contributed by atoms with E-state index >= 15 is 0 Å². The van der Waals surface area contributed by atoms with Gasteiger partial charge in [0.2, 0.25) is 11.8 Å². The summed E-state index contributed by atoms with van der Waals surface area (Å²) in [7, 11) is 0. The van der Waals surface area contributed by atoms with E-state index < -0.39 is 35.2 Å². The SMILES string of the molecule is CCC(C)(C)N(C(=O)C(Cc1ccc(O)cc1)NC(=O)OC(C)(C)C)C(C(=O)NC1CCCCC1)c1cccc(C)c1O. The van der Waals surface area contributed by atoms with Crippen LogP contribution in [0.2, 0.25) is 0 Å². The van der Waals surface area contributed by atoms with Gasteiger partial charge in [-0.3, -0.25) is 9.59 Å². The largest absolute Gasteiger partial charge is 0.508 e. The minimum absolute atomic E-state index is 0.0231. The topological polar surface area (TPSA) is 128 Å². The van der Waals surface area contributed by atoms with Gasteiger partial charge in [0.1, 0.15) is 29.2 Å². The van der Waals surface area contributed by atoms with E-state index in [0.29, 0.717) is 23.1 Å². The highest BCUT2D eigenvalue weighted by atomic mass is 16.6. The van der Waals surface area contributed by atoms with Gasteiger partial charge >= 0.3 is 6.09 Å². The van der Waals surface area contributed by atoms with E-state index in [9.17, 15) is 24.6 Å². The number of aryl methyl sites for hydroxylation is 1. The molecule has 0 aliphatic heterocycles. The Balaban J connectivity index is 2.13. The van der Waals surface area contributed by atoms with Crippen molar-refractivity contribution in [2.45, 2.75) is 123 Å². The van der Waals surface area contributed by atoms with Crippen LogP contribution >= 0.6 is 0 Å². The monoisotopic (exact) mass is 595 g/mol. The van der Waals surface area contributed by atoms with Crippen LogP contribution < -0.4 is 10.6 Å². The van der Waals surface area contributed by atoms with Crippen LogP contribution in [0.5, 0.6) is 11.5 Å². The number of rotatable bonds is 10. The van der Waals surface area contributed by atoms with E-state index in [4.69, 9.17) is 4.74 Å². The molecule has 2 atom stereocenters. The Morgan fingerprint density at radius 3 is 2.19 bits per heavy atom. The number of ether oxygens (including phenoxy) is 1. The molecule has 0 radical (unpaired) electrons. The summed E-state index contributed by atoms with van der Waals surface area (Å²) < 4.78 is 5.51. The Hall–Kier alpha value is -3.75. The molecule has 1 aliphatic carbocycles. The molecule has 3 rings (SSSR count). The Bertz CT molecular complexity index is 1260. The summed E-state index contributed by atoms with van der Waals surface area (Å²) in [6.45, 7) is 12.7. The third-order valence-electron chi connectivity index (χ3n) is 8.14. The summed E-state index contributed by atoms with van der Waals surface area (Å²) in [6.07, 6.45) is 4.69. The minimum Gasteiger partial charge on any atom is -0.508 e. The zero-order valence-electron chi connectivity index (χ0n) is 26.7. The lowest BCUT2D eigenvalue weighted by atomic mass is 9.89. The number of hydrogen-bond acceptors (Lipinski definition) is 6. The average Bonchev–Trinajstić information content (AvgIpc) is 2.93. The molecule has 0 heterocycles. The van der Waals surface area contributed by atoms with Crippen LogP contribution in [0.15, 0.2) is 42.5 Å². The van der Waals surface area contributed by atoms with Gasteiger partial charge in [0.15, 0.2) is 0 Å². The maximum Gasteiger partial charge on any atom is 0.408 e. The average molecular weight is 596 g/mol. The van der Waals surface area contributed by atoms with E-state index in [0.717, 1.165) is 32.1 Å². The zero-order chi connectivity index (χ0) is 31.9. The molecule has 236 valence electrons. The van der Waals surface area contributed by atoms with Crippen LogP contribution in [-0.2, 0) is 20.7 Å². The third-order valence-corrected chi connectivity index (χ3v) is 8.14. The van der Waals surface area contributed by atoms with Gasteiger partial charge in [0, 0.05) is 23.6 Å². The smallest absolute Gasteiger partial charge is 0.408 e. The molecule has 2 aromatic rings. The molecule has 9 nitrogen and oxygen atoms in total. The van der Waals surface area contributed by atoms with Crippen molar-refractivity contribution in [2.24, 2.45) is 0 Å². The molecule has 0 bridgehead atoms. The lowest BCUT2D eigenvalue weighted by Gasteiger charge is -2.45. The highest BCUT2D eigenvalue weighted by molar-refractivity contribution is 5.93. The normalized spacial score (nSPS) is 15.7. The van der Waals surface area contributed by atoms with E-state index in [2.05, 4.69) is 10.6 Å². The van der Waals surface area contributed by atoms with Crippen LogP contribution in [0.1, 0.15) is 103 Å². The number of nitrogens with zero attached hydrogens (tertiary/aromatic N) is 1. The second-order valence-corrected chi connectivity index (χ2v) is 13.2. The number of nitrogens with one attached hydrogen (secondary N) is 2. The predicted molar refractivity (Wildman–Crippen MR) is 167 cm³/mol. The molecular formula is C34H49N3O6. The summed E-state index contributed by atoms with van der Waals surface area (Å²) in [5.74, 6) is -0.833. The fourth-order valence-corrected chi connectivity index (χ4v) is 5.46. The predicted octanol–water partition coefficient (Wildman–Crippen LogP) is 6.05. The molecule has 43 heavy (non-hydrogen) atoms. The first kappa shape index (κ1) is 33.7. The Labute approximate surface area is 256 Å². The number of carbonyl (C=O) groups excluding carboxylic acids is 3. The van der Waals surface area contributed by atoms with E-state index in [1.807, 2.05) is 20.8 Å². The molecule has 0 aromatic heterocycles. The number of carbonyl (C=O) groups is 3. The molecule has 9 heteroatoms. The number of para-hydroxylation sites is 1. The van der Waals surface area contributed by atoms with Gasteiger partial charge in [-0.1, -0.05) is 56.5 Å². The Morgan fingerprint density at radius 2 is 1.60 bits per heavy atom. The molecule has 2 aromatic carbocycles. The highest BCUT2D eigenvalue weighted by Gasteiger charge is 2.44. The molecule has 1 fully saturated rings. The maximum atomic E-state index is 14.8. The maximum absolute atomic E-state index is 14.8. The summed E-state index contributed by atoms with van der Waals surface area (Å²) in [4.78, 5) is 43.6. The Kier molecular flexibility index (Phi) is 11.1. The summed E-state index contributed by atoms with van der Waals surface area (Å²) >= 11 is 0. The zero-order valence-corrected chi connectivity index (χ0v) is 26.7. The van der Waals surface area contributed by atoms with Crippen molar-refractivity contribution in [3.05, 3.63) is 59.2 Å². The van der Waals surface area contributed by atoms with Crippen molar-refractivity contribution in [1.82, 2.24) is 15.5 Å². The van der Waals surface area contributed by atoms with E-state index in [1.54, 1.807) is 58.0 Å². The summed E-state index contributed by atoms with van der Waals surface area (Å²) in [5, 5.41) is 27.0. The molecule has 1 saturated carbocycles. The highest BCUT2D eigenvalue weighted by Crippen LogP contribution is 2.38. The second-order valence-electron chi connectivity index (χ2n) is 13.2. The molecular weight excluding hydrogens is 546 g/mol. The van der Waals surface area contributed by atoms with Crippen LogP contribution in [0, 0.1) is 6.92 Å².